The second-order valence-electron chi connectivity index (χ2n) is 9.27. The molecule has 0 amide bonds. The van der Waals surface area contributed by atoms with Crippen LogP contribution in [0.5, 0.6) is 0 Å². The van der Waals surface area contributed by atoms with Crippen LogP contribution < -0.4 is 0 Å². The first-order valence-corrected chi connectivity index (χ1v) is 14.5. The molecule has 0 heterocycles. The molecule has 0 aromatic heterocycles. The Morgan fingerprint density at radius 1 is 0.615 bits per heavy atom. The molecule has 4 rings (SSSR count). The van der Waals surface area contributed by atoms with Crippen molar-refractivity contribution in [3.05, 3.63) is 152 Å². The summed E-state index contributed by atoms with van der Waals surface area (Å²) >= 11 is 12.2. The standard InChI is InChI=1S/C32H26Cl2F2O2S/c1-21-19-23(3-15-29(21)35)5-17-31(25-7-11-27(33)12-8-25)39(37,38)32(26-9-13-28(34)14-10-26)18-6-24-4-16-30(36)22(2)20-24/h3-20,31-32H,1-2H3. The number of sulfone groups is 1. The third-order valence-electron chi connectivity index (χ3n) is 6.40. The molecule has 0 radical (unpaired) electrons. The summed E-state index contributed by atoms with van der Waals surface area (Å²) in [4.78, 5) is 0. The molecule has 0 saturated carbocycles. The van der Waals surface area contributed by atoms with E-state index in [1.807, 2.05) is 0 Å². The average Bonchev–Trinajstić information content (AvgIpc) is 2.90. The van der Waals surface area contributed by atoms with Crippen LogP contribution in [-0.4, -0.2) is 8.42 Å². The molecule has 0 aliphatic rings. The quantitative estimate of drug-likeness (QED) is 0.207. The Labute approximate surface area is 238 Å². The Bertz CT molecular complexity index is 1510. The monoisotopic (exact) mass is 582 g/mol. The molecule has 0 aliphatic heterocycles. The van der Waals surface area contributed by atoms with E-state index in [-0.39, 0.29) is 11.6 Å². The Morgan fingerprint density at radius 3 is 1.31 bits per heavy atom. The van der Waals surface area contributed by atoms with E-state index < -0.39 is 20.3 Å². The topological polar surface area (TPSA) is 34.1 Å². The average molecular weight is 584 g/mol. The van der Waals surface area contributed by atoms with E-state index >= 15 is 0 Å². The summed E-state index contributed by atoms with van der Waals surface area (Å²) < 4.78 is 56.4. The number of halogens is 4. The van der Waals surface area contributed by atoms with Gasteiger partial charge in [0.25, 0.3) is 0 Å². The van der Waals surface area contributed by atoms with E-state index in [1.54, 1.807) is 111 Å². The summed E-state index contributed by atoms with van der Waals surface area (Å²) in [6.07, 6.45) is 6.55. The highest BCUT2D eigenvalue weighted by Gasteiger charge is 2.33. The molecule has 39 heavy (non-hydrogen) atoms. The number of aryl methyl sites for hydroxylation is 2. The first-order valence-electron chi connectivity index (χ1n) is 12.2. The van der Waals surface area contributed by atoms with Gasteiger partial charge in [0.1, 0.15) is 22.1 Å². The van der Waals surface area contributed by atoms with Crippen molar-refractivity contribution in [2.45, 2.75) is 24.3 Å². The lowest BCUT2D eigenvalue weighted by Crippen LogP contribution is -2.19. The summed E-state index contributed by atoms with van der Waals surface area (Å²) in [5.41, 5.74) is 3.31. The zero-order valence-corrected chi connectivity index (χ0v) is 23.6. The molecule has 2 nitrogen and oxygen atoms in total. The summed E-state index contributed by atoms with van der Waals surface area (Å²) in [7, 11) is -3.98. The van der Waals surface area contributed by atoms with Crippen LogP contribution >= 0.6 is 23.2 Å². The van der Waals surface area contributed by atoms with Crippen molar-refractivity contribution >= 4 is 45.2 Å². The second-order valence-corrected chi connectivity index (χ2v) is 12.3. The summed E-state index contributed by atoms with van der Waals surface area (Å²) in [6.45, 7) is 3.30. The first kappa shape index (κ1) is 28.8. The first-order chi connectivity index (χ1) is 18.5. The molecule has 2 unspecified atom stereocenters. The SMILES string of the molecule is Cc1cc(C=CC(c2ccc(Cl)cc2)S(=O)(=O)C(C=Cc2ccc(F)c(C)c2)c2ccc(Cl)cc2)ccc1F. The summed E-state index contributed by atoms with van der Waals surface area (Å²) in [5, 5.41) is -1.15. The zero-order chi connectivity index (χ0) is 28.2. The molecule has 4 aromatic carbocycles. The van der Waals surface area contributed by atoms with Crippen molar-refractivity contribution in [1.82, 2.24) is 0 Å². The Hall–Kier alpha value is -3.25. The molecule has 0 fully saturated rings. The fourth-order valence-electron chi connectivity index (χ4n) is 4.22. The Morgan fingerprint density at radius 2 is 0.974 bits per heavy atom. The van der Waals surface area contributed by atoms with Crippen LogP contribution in [0.3, 0.4) is 0 Å². The molecule has 0 bridgehead atoms. The molecular formula is C32H26Cl2F2O2S. The highest BCUT2D eigenvalue weighted by molar-refractivity contribution is 7.92. The molecule has 200 valence electrons. The van der Waals surface area contributed by atoms with Gasteiger partial charge in [0.15, 0.2) is 9.84 Å². The third-order valence-corrected chi connectivity index (χ3v) is 9.17. The van der Waals surface area contributed by atoms with E-state index in [4.69, 9.17) is 23.2 Å². The van der Waals surface area contributed by atoms with Crippen molar-refractivity contribution in [2.24, 2.45) is 0 Å². The fraction of sp³-hybridized carbons (Fsp3) is 0.125. The van der Waals surface area contributed by atoms with E-state index in [2.05, 4.69) is 0 Å². The summed E-state index contributed by atoms with van der Waals surface area (Å²) in [5.74, 6) is -0.670. The lowest BCUT2D eigenvalue weighted by molar-refractivity contribution is 0.584. The molecule has 0 N–H and O–H groups in total. The van der Waals surface area contributed by atoms with Crippen LogP contribution in [0.1, 0.15) is 43.9 Å². The highest BCUT2D eigenvalue weighted by atomic mass is 35.5. The molecule has 0 aliphatic carbocycles. The van der Waals surface area contributed by atoms with Crippen molar-refractivity contribution < 1.29 is 17.2 Å². The van der Waals surface area contributed by atoms with Crippen molar-refractivity contribution in [2.75, 3.05) is 0 Å². The fourth-order valence-corrected chi connectivity index (χ4v) is 6.46. The van der Waals surface area contributed by atoms with E-state index in [0.717, 1.165) is 0 Å². The molecular weight excluding hydrogens is 557 g/mol. The maximum atomic E-state index is 14.4. The van der Waals surface area contributed by atoms with Crippen LogP contribution in [0, 0.1) is 25.5 Å². The lowest BCUT2D eigenvalue weighted by Gasteiger charge is -2.22. The minimum Gasteiger partial charge on any atom is -0.227 e. The largest absolute Gasteiger partial charge is 0.227 e. The van der Waals surface area contributed by atoms with E-state index in [1.165, 1.54) is 12.1 Å². The van der Waals surface area contributed by atoms with Gasteiger partial charge < -0.3 is 0 Å². The van der Waals surface area contributed by atoms with Gasteiger partial charge in [0, 0.05) is 10.0 Å². The van der Waals surface area contributed by atoms with E-state index in [0.29, 0.717) is 43.4 Å². The number of rotatable bonds is 8. The van der Waals surface area contributed by atoms with Gasteiger partial charge >= 0.3 is 0 Å². The van der Waals surface area contributed by atoms with Gasteiger partial charge in [-0.25, -0.2) is 17.2 Å². The number of benzene rings is 4. The minimum atomic E-state index is -3.98. The maximum absolute atomic E-state index is 14.4. The molecule has 0 spiro atoms. The number of hydrogen-bond donors (Lipinski definition) is 0. The van der Waals surface area contributed by atoms with Gasteiger partial charge in [-0.1, -0.05) is 83.9 Å². The smallest absolute Gasteiger partial charge is 0.171 e. The lowest BCUT2D eigenvalue weighted by atomic mass is 10.1. The molecule has 4 aromatic rings. The van der Waals surface area contributed by atoms with Gasteiger partial charge in [-0.2, -0.15) is 0 Å². The van der Waals surface area contributed by atoms with Gasteiger partial charge in [-0.15, -0.1) is 0 Å². The molecule has 7 heteroatoms. The van der Waals surface area contributed by atoms with Crippen LogP contribution in [0.2, 0.25) is 10.0 Å². The van der Waals surface area contributed by atoms with E-state index in [9.17, 15) is 17.2 Å². The van der Waals surface area contributed by atoms with Crippen molar-refractivity contribution in [3.63, 3.8) is 0 Å². The van der Waals surface area contributed by atoms with Crippen LogP contribution in [0.25, 0.3) is 12.2 Å². The maximum Gasteiger partial charge on any atom is 0.171 e. The second kappa shape index (κ2) is 12.3. The van der Waals surface area contributed by atoms with Gasteiger partial charge in [-0.05, 0) is 95.8 Å². The highest BCUT2D eigenvalue weighted by Crippen LogP contribution is 2.38. The minimum absolute atomic E-state index is 0.335. The molecule has 0 saturated heterocycles. The van der Waals surface area contributed by atoms with Gasteiger partial charge in [0.2, 0.25) is 0 Å². The third kappa shape index (κ3) is 7.04. The van der Waals surface area contributed by atoms with Crippen molar-refractivity contribution in [3.8, 4) is 0 Å². The van der Waals surface area contributed by atoms with Crippen molar-refractivity contribution in [1.29, 1.82) is 0 Å². The van der Waals surface area contributed by atoms with Crippen LogP contribution in [0.4, 0.5) is 8.78 Å². The van der Waals surface area contributed by atoms with Gasteiger partial charge in [-0.3, -0.25) is 0 Å². The Balaban J connectivity index is 1.83. The Kier molecular flexibility index (Phi) is 9.06. The predicted molar refractivity (Wildman–Crippen MR) is 158 cm³/mol. The zero-order valence-electron chi connectivity index (χ0n) is 21.3. The van der Waals surface area contributed by atoms with Crippen LogP contribution in [0.15, 0.2) is 97.1 Å². The number of hydrogen-bond acceptors (Lipinski definition) is 2. The van der Waals surface area contributed by atoms with Gasteiger partial charge in [0.05, 0.1) is 0 Å². The summed E-state index contributed by atoms with van der Waals surface area (Å²) in [6, 6.07) is 22.5. The normalized spacial score (nSPS) is 13.7. The predicted octanol–water partition coefficient (Wildman–Crippen LogP) is 9.51. The molecule has 2 atom stereocenters. The van der Waals surface area contributed by atoms with Crippen LogP contribution in [-0.2, 0) is 9.84 Å².